The monoisotopic (exact) mass is 259 g/mol. The van der Waals surface area contributed by atoms with Crippen molar-refractivity contribution in [2.24, 2.45) is 11.7 Å². The second-order valence-corrected chi connectivity index (χ2v) is 6.49. The standard InChI is InChI=1S/C16H25N3/c1-11-7-14(8-12(2)17)9-18-16(11)19(15-5-6-15)10-13-3-4-13/h7,9,12-13,15H,3-6,8,10,17H2,1-2H3. The molecule has 0 aromatic carbocycles. The van der Waals surface area contributed by atoms with Crippen molar-refractivity contribution in [1.82, 2.24) is 4.98 Å². The summed E-state index contributed by atoms with van der Waals surface area (Å²) in [4.78, 5) is 7.30. The normalized spacial score (nSPS) is 20.4. The Balaban J connectivity index is 1.77. The van der Waals surface area contributed by atoms with Crippen molar-refractivity contribution >= 4 is 5.82 Å². The first kappa shape index (κ1) is 12.9. The minimum Gasteiger partial charge on any atom is -0.353 e. The molecule has 1 atom stereocenters. The van der Waals surface area contributed by atoms with Crippen LogP contribution in [0.25, 0.3) is 0 Å². The second-order valence-electron chi connectivity index (χ2n) is 6.49. The lowest BCUT2D eigenvalue weighted by atomic mass is 10.1. The van der Waals surface area contributed by atoms with Crippen LogP contribution in [0.1, 0.15) is 43.7 Å². The van der Waals surface area contributed by atoms with Crippen LogP contribution in [0.5, 0.6) is 0 Å². The van der Waals surface area contributed by atoms with Crippen molar-refractivity contribution in [3.05, 3.63) is 23.4 Å². The van der Waals surface area contributed by atoms with Gasteiger partial charge in [0.2, 0.25) is 0 Å². The zero-order valence-electron chi connectivity index (χ0n) is 12.1. The first-order valence-electron chi connectivity index (χ1n) is 7.61. The van der Waals surface area contributed by atoms with Gasteiger partial charge in [0.1, 0.15) is 5.82 Å². The fraction of sp³-hybridized carbons (Fsp3) is 0.688. The molecule has 1 heterocycles. The van der Waals surface area contributed by atoms with Crippen LogP contribution in [0.2, 0.25) is 0 Å². The van der Waals surface area contributed by atoms with Crippen molar-refractivity contribution in [3.63, 3.8) is 0 Å². The molecule has 0 amide bonds. The Kier molecular flexibility index (Phi) is 3.48. The Bertz CT molecular complexity index is 447. The molecular formula is C16H25N3. The molecule has 0 radical (unpaired) electrons. The number of pyridine rings is 1. The number of anilines is 1. The predicted molar refractivity (Wildman–Crippen MR) is 79.4 cm³/mol. The fourth-order valence-corrected chi connectivity index (χ4v) is 2.78. The van der Waals surface area contributed by atoms with E-state index in [0.29, 0.717) is 0 Å². The predicted octanol–water partition coefficient (Wildman–Crippen LogP) is 2.66. The SMILES string of the molecule is Cc1cc(CC(C)N)cnc1N(CC1CC1)C1CC1. The summed E-state index contributed by atoms with van der Waals surface area (Å²) in [7, 11) is 0. The highest BCUT2D eigenvalue weighted by molar-refractivity contribution is 5.49. The highest BCUT2D eigenvalue weighted by Gasteiger charge is 2.35. The maximum absolute atomic E-state index is 5.87. The molecule has 0 saturated heterocycles. The highest BCUT2D eigenvalue weighted by Crippen LogP contribution is 2.38. The Morgan fingerprint density at radius 1 is 1.37 bits per heavy atom. The second kappa shape index (κ2) is 5.12. The van der Waals surface area contributed by atoms with E-state index >= 15 is 0 Å². The molecule has 19 heavy (non-hydrogen) atoms. The minimum absolute atomic E-state index is 0.207. The summed E-state index contributed by atoms with van der Waals surface area (Å²) in [5.74, 6) is 2.13. The van der Waals surface area contributed by atoms with Gasteiger partial charge < -0.3 is 10.6 Å². The lowest BCUT2D eigenvalue weighted by molar-refractivity contribution is 0.702. The third kappa shape index (κ3) is 3.27. The Labute approximate surface area is 116 Å². The van der Waals surface area contributed by atoms with Gasteiger partial charge in [-0.2, -0.15) is 0 Å². The molecule has 2 fully saturated rings. The van der Waals surface area contributed by atoms with E-state index in [1.807, 2.05) is 13.1 Å². The number of hydrogen-bond acceptors (Lipinski definition) is 3. The van der Waals surface area contributed by atoms with E-state index in [1.54, 1.807) is 0 Å². The number of nitrogens with two attached hydrogens (primary N) is 1. The topological polar surface area (TPSA) is 42.1 Å². The van der Waals surface area contributed by atoms with Crippen LogP contribution in [0.3, 0.4) is 0 Å². The van der Waals surface area contributed by atoms with Crippen molar-refractivity contribution in [2.45, 2.75) is 58.0 Å². The molecule has 1 unspecified atom stereocenters. The molecular weight excluding hydrogens is 234 g/mol. The lowest BCUT2D eigenvalue weighted by Crippen LogP contribution is -2.29. The molecule has 1 aromatic rings. The van der Waals surface area contributed by atoms with E-state index in [0.717, 1.165) is 18.4 Å². The van der Waals surface area contributed by atoms with Gasteiger partial charge in [-0.1, -0.05) is 6.07 Å². The van der Waals surface area contributed by atoms with Gasteiger partial charge in [0, 0.05) is 24.8 Å². The molecule has 2 aliphatic rings. The van der Waals surface area contributed by atoms with Gasteiger partial charge in [-0.05, 0) is 63.0 Å². The molecule has 2 aliphatic carbocycles. The van der Waals surface area contributed by atoms with Crippen molar-refractivity contribution in [2.75, 3.05) is 11.4 Å². The van der Waals surface area contributed by atoms with Crippen molar-refractivity contribution in [1.29, 1.82) is 0 Å². The number of hydrogen-bond donors (Lipinski definition) is 1. The number of rotatable bonds is 6. The van der Waals surface area contributed by atoms with E-state index < -0.39 is 0 Å². The van der Waals surface area contributed by atoms with E-state index in [1.165, 1.54) is 49.2 Å². The summed E-state index contributed by atoms with van der Waals surface area (Å²) in [6, 6.07) is 3.23. The summed E-state index contributed by atoms with van der Waals surface area (Å²) >= 11 is 0. The van der Waals surface area contributed by atoms with E-state index in [2.05, 4.69) is 17.9 Å². The third-order valence-electron chi connectivity index (χ3n) is 4.08. The van der Waals surface area contributed by atoms with Gasteiger partial charge in [0.25, 0.3) is 0 Å². The van der Waals surface area contributed by atoms with E-state index in [9.17, 15) is 0 Å². The Morgan fingerprint density at radius 2 is 2.11 bits per heavy atom. The summed E-state index contributed by atoms with van der Waals surface area (Å²) in [6.07, 6.45) is 8.44. The molecule has 0 aliphatic heterocycles. The average Bonchev–Trinajstić information content (AvgIpc) is 3.21. The average molecular weight is 259 g/mol. The van der Waals surface area contributed by atoms with Crippen LogP contribution in [0.4, 0.5) is 5.82 Å². The molecule has 3 heteroatoms. The molecule has 104 valence electrons. The van der Waals surface area contributed by atoms with Crippen LogP contribution >= 0.6 is 0 Å². The van der Waals surface area contributed by atoms with Crippen molar-refractivity contribution < 1.29 is 0 Å². The van der Waals surface area contributed by atoms with Crippen LogP contribution in [-0.4, -0.2) is 23.6 Å². The smallest absolute Gasteiger partial charge is 0.131 e. The molecule has 2 N–H and O–H groups in total. The molecule has 0 bridgehead atoms. The molecule has 3 nitrogen and oxygen atoms in total. The van der Waals surface area contributed by atoms with Crippen LogP contribution < -0.4 is 10.6 Å². The van der Waals surface area contributed by atoms with Gasteiger partial charge in [-0.25, -0.2) is 4.98 Å². The summed E-state index contributed by atoms with van der Waals surface area (Å²) in [5.41, 5.74) is 8.44. The third-order valence-corrected chi connectivity index (χ3v) is 4.08. The van der Waals surface area contributed by atoms with E-state index in [-0.39, 0.29) is 6.04 Å². The van der Waals surface area contributed by atoms with Crippen LogP contribution in [0, 0.1) is 12.8 Å². The largest absolute Gasteiger partial charge is 0.353 e. The highest BCUT2D eigenvalue weighted by atomic mass is 15.2. The lowest BCUT2D eigenvalue weighted by Gasteiger charge is -2.25. The first-order valence-corrected chi connectivity index (χ1v) is 7.61. The number of nitrogens with zero attached hydrogens (tertiary/aromatic N) is 2. The summed E-state index contributed by atoms with van der Waals surface area (Å²) in [6.45, 7) is 5.45. The van der Waals surface area contributed by atoms with Gasteiger partial charge >= 0.3 is 0 Å². The van der Waals surface area contributed by atoms with Gasteiger partial charge in [0.05, 0.1) is 0 Å². The Hall–Kier alpha value is -1.09. The van der Waals surface area contributed by atoms with Gasteiger partial charge in [-0.15, -0.1) is 0 Å². The zero-order valence-corrected chi connectivity index (χ0v) is 12.1. The molecule has 1 aromatic heterocycles. The minimum atomic E-state index is 0.207. The van der Waals surface area contributed by atoms with Crippen LogP contribution in [0.15, 0.2) is 12.3 Å². The van der Waals surface area contributed by atoms with Gasteiger partial charge in [0.15, 0.2) is 0 Å². The van der Waals surface area contributed by atoms with Crippen LogP contribution in [-0.2, 0) is 6.42 Å². The maximum Gasteiger partial charge on any atom is 0.131 e. The fourth-order valence-electron chi connectivity index (χ4n) is 2.78. The van der Waals surface area contributed by atoms with Gasteiger partial charge in [-0.3, -0.25) is 0 Å². The summed E-state index contributed by atoms with van der Waals surface area (Å²) in [5, 5.41) is 0. The quantitative estimate of drug-likeness (QED) is 0.854. The van der Waals surface area contributed by atoms with Crippen molar-refractivity contribution in [3.8, 4) is 0 Å². The summed E-state index contributed by atoms with van der Waals surface area (Å²) < 4.78 is 0. The molecule has 3 rings (SSSR count). The molecule has 0 spiro atoms. The van der Waals surface area contributed by atoms with E-state index in [4.69, 9.17) is 10.7 Å². The molecule has 2 saturated carbocycles. The Morgan fingerprint density at radius 3 is 2.63 bits per heavy atom. The first-order chi connectivity index (χ1) is 9.13. The zero-order chi connectivity index (χ0) is 13.4. The number of aryl methyl sites for hydroxylation is 1. The maximum atomic E-state index is 5.87. The number of aromatic nitrogens is 1.